The molecule has 0 aliphatic heterocycles. The lowest BCUT2D eigenvalue weighted by atomic mass is 10.2. The van der Waals surface area contributed by atoms with Crippen LogP contribution in [0.3, 0.4) is 0 Å². The smallest absolute Gasteiger partial charge is 0.328 e. The highest BCUT2D eigenvalue weighted by Gasteiger charge is 2.33. The molecular formula is C13H12F4N4O. The normalized spacial score (nSPS) is 11.5. The van der Waals surface area contributed by atoms with Crippen LogP contribution in [0.2, 0.25) is 0 Å². The van der Waals surface area contributed by atoms with E-state index in [2.05, 4.69) is 10.1 Å². The first kappa shape index (κ1) is 15.9. The maximum atomic E-state index is 12.8. The van der Waals surface area contributed by atoms with E-state index < -0.39 is 24.4 Å². The number of hydrogen-bond acceptors (Lipinski definition) is 3. The van der Waals surface area contributed by atoms with Crippen molar-refractivity contribution in [2.24, 2.45) is 0 Å². The second-order valence-corrected chi connectivity index (χ2v) is 4.58. The Labute approximate surface area is 123 Å². The first-order chi connectivity index (χ1) is 10.3. The van der Waals surface area contributed by atoms with Crippen molar-refractivity contribution in [3.05, 3.63) is 48.3 Å². The number of benzene rings is 1. The van der Waals surface area contributed by atoms with Crippen molar-refractivity contribution < 1.29 is 22.4 Å². The zero-order valence-corrected chi connectivity index (χ0v) is 11.3. The first-order valence-corrected chi connectivity index (χ1v) is 6.25. The summed E-state index contributed by atoms with van der Waals surface area (Å²) in [5.74, 6) is -1.26. The fourth-order valence-corrected chi connectivity index (χ4v) is 1.81. The van der Waals surface area contributed by atoms with Crippen molar-refractivity contribution in [2.75, 3.05) is 6.54 Å². The van der Waals surface area contributed by atoms with E-state index in [4.69, 9.17) is 0 Å². The van der Waals surface area contributed by atoms with E-state index in [1.165, 1.54) is 24.8 Å². The van der Waals surface area contributed by atoms with Gasteiger partial charge in [0.25, 0.3) is 0 Å². The van der Waals surface area contributed by atoms with Crippen molar-refractivity contribution in [3.8, 4) is 0 Å². The molecule has 5 nitrogen and oxygen atoms in total. The van der Waals surface area contributed by atoms with Gasteiger partial charge in [-0.1, -0.05) is 12.1 Å². The molecular weight excluding hydrogens is 304 g/mol. The molecule has 1 aromatic heterocycles. The Morgan fingerprint density at radius 2 is 1.91 bits per heavy atom. The maximum absolute atomic E-state index is 12.8. The predicted molar refractivity (Wildman–Crippen MR) is 67.9 cm³/mol. The van der Waals surface area contributed by atoms with Crippen molar-refractivity contribution in [1.82, 2.24) is 19.7 Å². The number of aromatic nitrogens is 3. The van der Waals surface area contributed by atoms with Crippen LogP contribution in [-0.4, -0.2) is 38.3 Å². The van der Waals surface area contributed by atoms with Gasteiger partial charge in [-0.05, 0) is 17.7 Å². The van der Waals surface area contributed by atoms with Crippen molar-refractivity contribution in [1.29, 1.82) is 0 Å². The molecule has 2 aromatic rings. The summed E-state index contributed by atoms with van der Waals surface area (Å²) in [6.07, 6.45) is -2.11. The van der Waals surface area contributed by atoms with E-state index in [1.54, 1.807) is 0 Å². The van der Waals surface area contributed by atoms with Crippen LogP contribution in [0.25, 0.3) is 0 Å². The van der Waals surface area contributed by atoms with Gasteiger partial charge < -0.3 is 4.90 Å². The maximum Gasteiger partial charge on any atom is 0.406 e. The SMILES string of the molecule is O=C(Cn1cncn1)N(Cc1ccc(F)cc1)CC(F)(F)F. The van der Waals surface area contributed by atoms with Gasteiger partial charge in [0.05, 0.1) is 0 Å². The summed E-state index contributed by atoms with van der Waals surface area (Å²) in [6, 6.07) is 4.93. The first-order valence-electron chi connectivity index (χ1n) is 6.25. The van der Waals surface area contributed by atoms with Crippen molar-refractivity contribution in [3.63, 3.8) is 0 Å². The highest BCUT2D eigenvalue weighted by atomic mass is 19.4. The minimum absolute atomic E-state index is 0.271. The van der Waals surface area contributed by atoms with Gasteiger partial charge in [-0.15, -0.1) is 0 Å². The number of hydrogen-bond donors (Lipinski definition) is 0. The van der Waals surface area contributed by atoms with Gasteiger partial charge in [0.15, 0.2) is 0 Å². The third-order valence-electron chi connectivity index (χ3n) is 2.77. The molecule has 0 fully saturated rings. The molecule has 0 aliphatic rings. The molecule has 118 valence electrons. The van der Waals surface area contributed by atoms with Crippen molar-refractivity contribution >= 4 is 5.91 Å². The summed E-state index contributed by atoms with van der Waals surface area (Å²) in [5.41, 5.74) is 0.401. The minimum atomic E-state index is -4.53. The summed E-state index contributed by atoms with van der Waals surface area (Å²) in [6.45, 7) is -2.01. The summed E-state index contributed by atoms with van der Waals surface area (Å²) >= 11 is 0. The molecule has 1 aromatic carbocycles. The Balaban J connectivity index is 2.11. The van der Waals surface area contributed by atoms with Crippen molar-refractivity contribution in [2.45, 2.75) is 19.3 Å². The zero-order valence-electron chi connectivity index (χ0n) is 11.3. The van der Waals surface area contributed by atoms with Gasteiger partial charge in [-0.2, -0.15) is 18.3 Å². The van der Waals surface area contributed by atoms with Gasteiger partial charge in [-0.25, -0.2) is 14.1 Å². The largest absolute Gasteiger partial charge is 0.406 e. The van der Waals surface area contributed by atoms with E-state index in [9.17, 15) is 22.4 Å². The molecule has 0 aliphatic carbocycles. The number of amides is 1. The Bertz CT molecular complexity index is 610. The molecule has 0 atom stereocenters. The highest BCUT2D eigenvalue weighted by Crippen LogP contribution is 2.18. The quantitative estimate of drug-likeness (QED) is 0.793. The lowest BCUT2D eigenvalue weighted by Gasteiger charge is -2.24. The number of carbonyl (C=O) groups excluding carboxylic acids is 1. The van der Waals surface area contributed by atoms with Gasteiger partial charge >= 0.3 is 6.18 Å². The van der Waals surface area contributed by atoms with Crippen LogP contribution in [0.4, 0.5) is 17.6 Å². The monoisotopic (exact) mass is 316 g/mol. The topological polar surface area (TPSA) is 51.0 Å². The van der Waals surface area contributed by atoms with Crippen LogP contribution < -0.4 is 0 Å². The van der Waals surface area contributed by atoms with Gasteiger partial charge in [0.2, 0.25) is 5.91 Å². The molecule has 0 bridgehead atoms. The zero-order chi connectivity index (χ0) is 16.2. The average Bonchev–Trinajstić information content (AvgIpc) is 2.92. The third-order valence-corrected chi connectivity index (χ3v) is 2.77. The molecule has 0 saturated heterocycles. The number of nitrogens with zero attached hydrogens (tertiary/aromatic N) is 4. The van der Waals surface area contributed by atoms with Gasteiger partial charge in [0.1, 0.15) is 31.6 Å². The van der Waals surface area contributed by atoms with Crippen LogP contribution in [0.1, 0.15) is 5.56 Å². The summed E-state index contributed by atoms with van der Waals surface area (Å²) in [4.78, 5) is 16.3. The van der Waals surface area contributed by atoms with Crippen LogP contribution in [-0.2, 0) is 17.9 Å². The molecule has 0 radical (unpaired) electrons. The molecule has 9 heteroatoms. The second-order valence-electron chi connectivity index (χ2n) is 4.58. The third kappa shape index (κ3) is 4.83. The Hall–Kier alpha value is -2.45. The molecule has 0 spiro atoms. The van der Waals surface area contributed by atoms with E-state index in [1.807, 2.05) is 0 Å². The summed E-state index contributed by atoms with van der Waals surface area (Å²) in [7, 11) is 0. The van der Waals surface area contributed by atoms with Crippen LogP contribution in [0.5, 0.6) is 0 Å². The minimum Gasteiger partial charge on any atom is -0.328 e. The molecule has 22 heavy (non-hydrogen) atoms. The fraction of sp³-hybridized carbons (Fsp3) is 0.308. The Morgan fingerprint density at radius 1 is 1.23 bits per heavy atom. The molecule has 1 amide bonds. The van der Waals surface area contributed by atoms with Gasteiger partial charge in [-0.3, -0.25) is 4.79 Å². The highest BCUT2D eigenvalue weighted by molar-refractivity contribution is 5.76. The van der Waals surface area contributed by atoms with E-state index in [0.29, 0.717) is 10.5 Å². The van der Waals surface area contributed by atoms with Crippen LogP contribution in [0.15, 0.2) is 36.9 Å². The second kappa shape index (κ2) is 6.54. The molecule has 2 rings (SSSR count). The molecule has 0 saturated carbocycles. The summed E-state index contributed by atoms with van der Waals surface area (Å²) in [5, 5.41) is 3.68. The number of carbonyl (C=O) groups is 1. The average molecular weight is 316 g/mol. The fourth-order valence-electron chi connectivity index (χ4n) is 1.81. The summed E-state index contributed by atoms with van der Waals surface area (Å²) < 4.78 is 51.8. The number of rotatable bonds is 5. The van der Waals surface area contributed by atoms with Crippen LogP contribution in [0, 0.1) is 5.82 Å². The Morgan fingerprint density at radius 3 is 2.45 bits per heavy atom. The number of halogens is 4. The van der Waals surface area contributed by atoms with E-state index in [-0.39, 0.29) is 13.1 Å². The number of alkyl halides is 3. The van der Waals surface area contributed by atoms with Gasteiger partial charge in [0, 0.05) is 6.54 Å². The van der Waals surface area contributed by atoms with E-state index >= 15 is 0 Å². The predicted octanol–water partition coefficient (Wildman–Crippen LogP) is 2.01. The Kier molecular flexibility index (Phi) is 4.74. The van der Waals surface area contributed by atoms with Crippen LogP contribution >= 0.6 is 0 Å². The lowest BCUT2D eigenvalue weighted by molar-refractivity contribution is -0.162. The van der Waals surface area contributed by atoms with E-state index in [0.717, 1.165) is 16.8 Å². The molecule has 1 heterocycles. The lowest BCUT2D eigenvalue weighted by Crippen LogP contribution is -2.40. The molecule has 0 unspecified atom stereocenters. The molecule has 0 N–H and O–H groups in total. The standard InChI is InChI=1S/C13H12F4N4O/c14-11-3-1-10(2-4-11)5-20(7-13(15,16)17)12(22)6-21-9-18-8-19-21/h1-4,8-9H,5-7H2.